The Labute approximate surface area is 172 Å². The molecule has 0 radical (unpaired) electrons. The molecule has 1 N–H and O–H groups in total. The van der Waals surface area contributed by atoms with Crippen molar-refractivity contribution in [2.75, 3.05) is 32.8 Å². The number of hydrogen-bond donors (Lipinski definition) is 1. The SMILES string of the molecule is CCOc1ccc(/C=N\O[C@H](C)C(=O)N2CC[NH+](Cc3ccccc3)CC2)cc1. The average molecular weight is 397 g/mol. The number of piperazine rings is 1. The standard InChI is InChI=1S/C23H29N3O3/c1-3-28-22-11-9-20(10-12-22)17-24-29-19(2)23(27)26-15-13-25(14-16-26)18-21-7-5-4-6-8-21/h4-12,17,19H,3,13-16,18H2,1-2H3/p+1/b24-17-/t19-/m1/s1. The number of nitrogens with zero attached hydrogens (tertiary/aromatic N) is 2. The number of benzene rings is 2. The lowest BCUT2D eigenvalue weighted by atomic mass is 10.2. The van der Waals surface area contributed by atoms with Gasteiger partial charge in [0.2, 0.25) is 6.10 Å². The summed E-state index contributed by atoms with van der Waals surface area (Å²) in [6, 6.07) is 18.1. The number of oxime groups is 1. The van der Waals surface area contributed by atoms with Gasteiger partial charge in [0.05, 0.1) is 39.0 Å². The van der Waals surface area contributed by atoms with Gasteiger partial charge in [-0.25, -0.2) is 0 Å². The normalized spacial score (nSPS) is 16.0. The van der Waals surface area contributed by atoms with E-state index >= 15 is 0 Å². The molecule has 0 unspecified atom stereocenters. The van der Waals surface area contributed by atoms with E-state index in [1.807, 2.05) is 42.2 Å². The molecule has 6 nitrogen and oxygen atoms in total. The van der Waals surface area contributed by atoms with Gasteiger partial charge < -0.3 is 19.4 Å². The smallest absolute Gasteiger partial charge is 0.266 e. The highest BCUT2D eigenvalue weighted by Gasteiger charge is 2.27. The molecular formula is C23H30N3O3+. The van der Waals surface area contributed by atoms with Crippen molar-refractivity contribution in [2.45, 2.75) is 26.5 Å². The van der Waals surface area contributed by atoms with E-state index in [-0.39, 0.29) is 5.91 Å². The third-order valence-corrected chi connectivity index (χ3v) is 5.04. The van der Waals surface area contributed by atoms with Gasteiger partial charge in [-0.15, -0.1) is 0 Å². The molecule has 1 aliphatic heterocycles. The number of rotatable bonds is 8. The first-order chi connectivity index (χ1) is 14.2. The first-order valence-corrected chi connectivity index (χ1v) is 10.2. The van der Waals surface area contributed by atoms with Crippen LogP contribution in [-0.2, 0) is 16.2 Å². The second-order valence-electron chi connectivity index (χ2n) is 7.22. The summed E-state index contributed by atoms with van der Waals surface area (Å²) in [5.74, 6) is 0.815. The van der Waals surface area contributed by atoms with Gasteiger partial charge >= 0.3 is 0 Å². The topological polar surface area (TPSA) is 55.6 Å². The van der Waals surface area contributed by atoms with Crippen LogP contribution in [0.25, 0.3) is 0 Å². The summed E-state index contributed by atoms with van der Waals surface area (Å²) in [6.07, 6.45) is 1.02. The highest BCUT2D eigenvalue weighted by atomic mass is 16.6. The zero-order valence-electron chi connectivity index (χ0n) is 17.2. The molecule has 1 saturated heterocycles. The molecule has 1 aliphatic rings. The Morgan fingerprint density at radius 1 is 1.14 bits per heavy atom. The predicted octanol–water partition coefficient (Wildman–Crippen LogP) is 1.75. The van der Waals surface area contributed by atoms with Crippen molar-refractivity contribution in [1.29, 1.82) is 0 Å². The van der Waals surface area contributed by atoms with Crippen LogP contribution < -0.4 is 9.64 Å². The summed E-state index contributed by atoms with van der Waals surface area (Å²) < 4.78 is 5.42. The zero-order chi connectivity index (χ0) is 20.5. The summed E-state index contributed by atoms with van der Waals surface area (Å²) >= 11 is 0. The van der Waals surface area contributed by atoms with Gasteiger partial charge in [-0.3, -0.25) is 4.79 Å². The molecule has 0 saturated carbocycles. The Bertz CT molecular complexity index is 785. The van der Waals surface area contributed by atoms with Crippen molar-refractivity contribution < 1.29 is 19.3 Å². The Balaban J connectivity index is 1.42. The fourth-order valence-corrected chi connectivity index (χ4v) is 3.41. The molecule has 2 aromatic carbocycles. The van der Waals surface area contributed by atoms with Gasteiger partial charge in [0, 0.05) is 5.56 Å². The van der Waals surface area contributed by atoms with Crippen molar-refractivity contribution in [3.8, 4) is 5.75 Å². The van der Waals surface area contributed by atoms with Crippen LogP contribution in [0.15, 0.2) is 59.8 Å². The summed E-state index contributed by atoms with van der Waals surface area (Å²) in [5, 5.41) is 3.99. The number of hydrogen-bond acceptors (Lipinski definition) is 4. The van der Waals surface area contributed by atoms with E-state index in [0.717, 1.165) is 44.0 Å². The number of amides is 1. The highest BCUT2D eigenvalue weighted by molar-refractivity contribution is 5.81. The van der Waals surface area contributed by atoms with E-state index in [0.29, 0.717) is 6.61 Å². The largest absolute Gasteiger partial charge is 0.494 e. The fourth-order valence-electron chi connectivity index (χ4n) is 3.41. The molecule has 6 heteroatoms. The van der Waals surface area contributed by atoms with Crippen LogP contribution in [0.5, 0.6) is 5.75 Å². The molecule has 1 fully saturated rings. The van der Waals surface area contributed by atoms with Crippen LogP contribution in [0.2, 0.25) is 0 Å². The van der Waals surface area contributed by atoms with E-state index in [1.54, 1.807) is 13.1 Å². The summed E-state index contributed by atoms with van der Waals surface area (Å²) in [5.41, 5.74) is 2.23. The Hall–Kier alpha value is -2.86. The lowest BCUT2D eigenvalue weighted by Gasteiger charge is -2.33. The van der Waals surface area contributed by atoms with Gasteiger partial charge in [0.25, 0.3) is 5.91 Å². The minimum atomic E-state index is -0.593. The summed E-state index contributed by atoms with van der Waals surface area (Å²) in [4.78, 5) is 21.4. The Kier molecular flexibility index (Phi) is 7.64. The zero-order valence-corrected chi connectivity index (χ0v) is 17.2. The van der Waals surface area contributed by atoms with Gasteiger partial charge in [0.15, 0.2) is 0 Å². The van der Waals surface area contributed by atoms with E-state index in [2.05, 4.69) is 29.4 Å². The van der Waals surface area contributed by atoms with E-state index in [4.69, 9.17) is 9.57 Å². The molecule has 29 heavy (non-hydrogen) atoms. The molecule has 1 atom stereocenters. The van der Waals surface area contributed by atoms with Crippen molar-refractivity contribution in [1.82, 2.24) is 4.90 Å². The second kappa shape index (κ2) is 10.6. The van der Waals surface area contributed by atoms with Crippen LogP contribution in [0.1, 0.15) is 25.0 Å². The average Bonchev–Trinajstić information content (AvgIpc) is 2.76. The first-order valence-electron chi connectivity index (χ1n) is 10.2. The van der Waals surface area contributed by atoms with Crippen molar-refractivity contribution in [2.24, 2.45) is 5.16 Å². The van der Waals surface area contributed by atoms with E-state index in [9.17, 15) is 4.79 Å². The summed E-state index contributed by atoms with van der Waals surface area (Å²) in [6.45, 7) is 8.73. The maximum Gasteiger partial charge on any atom is 0.266 e. The molecule has 0 aromatic heterocycles. The fraction of sp³-hybridized carbons (Fsp3) is 0.391. The van der Waals surface area contributed by atoms with Crippen LogP contribution in [0.4, 0.5) is 0 Å². The third-order valence-electron chi connectivity index (χ3n) is 5.04. The number of carbonyl (C=O) groups is 1. The van der Waals surface area contributed by atoms with Gasteiger partial charge in [-0.1, -0.05) is 35.5 Å². The number of nitrogens with one attached hydrogen (secondary N) is 1. The molecule has 0 spiro atoms. The molecule has 1 heterocycles. The first kappa shape index (κ1) is 20.9. The molecule has 0 bridgehead atoms. The van der Waals surface area contributed by atoms with Gasteiger partial charge in [0.1, 0.15) is 12.3 Å². The van der Waals surface area contributed by atoms with Crippen LogP contribution in [0, 0.1) is 0 Å². The Morgan fingerprint density at radius 2 is 1.83 bits per heavy atom. The molecule has 2 aromatic rings. The molecule has 154 valence electrons. The van der Waals surface area contributed by atoms with Crippen LogP contribution in [0.3, 0.4) is 0 Å². The lowest BCUT2D eigenvalue weighted by molar-refractivity contribution is -0.917. The van der Waals surface area contributed by atoms with Gasteiger partial charge in [-0.2, -0.15) is 0 Å². The number of quaternary nitrogens is 1. The summed E-state index contributed by atoms with van der Waals surface area (Å²) in [7, 11) is 0. The molecular weight excluding hydrogens is 366 g/mol. The quantitative estimate of drug-likeness (QED) is 0.546. The molecule has 0 aliphatic carbocycles. The van der Waals surface area contributed by atoms with Crippen molar-refractivity contribution in [3.63, 3.8) is 0 Å². The van der Waals surface area contributed by atoms with E-state index < -0.39 is 6.10 Å². The maximum absolute atomic E-state index is 12.6. The van der Waals surface area contributed by atoms with E-state index in [1.165, 1.54) is 10.5 Å². The van der Waals surface area contributed by atoms with Crippen LogP contribution in [-0.4, -0.2) is 55.9 Å². The maximum atomic E-state index is 12.6. The molecule has 1 amide bonds. The van der Waals surface area contributed by atoms with Crippen molar-refractivity contribution in [3.05, 3.63) is 65.7 Å². The minimum absolute atomic E-state index is 0.00685. The lowest BCUT2D eigenvalue weighted by Crippen LogP contribution is -3.13. The van der Waals surface area contributed by atoms with Gasteiger partial charge in [-0.05, 0) is 43.7 Å². The highest BCUT2D eigenvalue weighted by Crippen LogP contribution is 2.11. The third kappa shape index (κ3) is 6.32. The second-order valence-corrected chi connectivity index (χ2v) is 7.22. The molecule has 3 rings (SSSR count). The minimum Gasteiger partial charge on any atom is -0.494 e. The monoisotopic (exact) mass is 396 g/mol. The van der Waals surface area contributed by atoms with Crippen molar-refractivity contribution >= 4 is 12.1 Å². The predicted molar refractivity (Wildman–Crippen MR) is 113 cm³/mol. The van der Waals surface area contributed by atoms with Crippen LogP contribution >= 0.6 is 0 Å². The number of carbonyl (C=O) groups excluding carboxylic acids is 1. The number of ether oxygens (including phenoxy) is 1. The Morgan fingerprint density at radius 3 is 2.48 bits per heavy atom.